The highest BCUT2D eigenvalue weighted by molar-refractivity contribution is 8.00. The molecule has 43 heavy (non-hydrogen) atoms. The van der Waals surface area contributed by atoms with Crippen molar-refractivity contribution in [1.82, 2.24) is 4.98 Å². The van der Waals surface area contributed by atoms with Crippen LogP contribution in [0, 0.1) is 0 Å². The Morgan fingerprint density at radius 1 is 0.860 bits per heavy atom. The van der Waals surface area contributed by atoms with Crippen LogP contribution in [0.25, 0.3) is 11.3 Å². The number of ether oxygens (including phenoxy) is 2. The van der Waals surface area contributed by atoms with Crippen LogP contribution in [0.5, 0.6) is 11.5 Å². The second-order valence-electron chi connectivity index (χ2n) is 9.11. The number of benzene rings is 4. The second kappa shape index (κ2) is 14.0. The Morgan fingerprint density at radius 3 is 2.30 bits per heavy atom. The molecule has 0 radical (unpaired) electrons. The van der Waals surface area contributed by atoms with Crippen LogP contribution >= 0.6 is 46.3 Å². The van der Waals surface area contributed by atoms with Crippen molar-refractivity contribution in [3.63, 3.8) is 0 Å². The number of hydrogen-bond donors (Lipinski definition) is 2. The summed E-state index contributed by atoms with van der Waals surface area (Å²) in [6.45, 7) is 0. The Bertz CT molecular complexity index is 1750. The van der Waals surface area contributed by atoms with Crippen molar-refractivity contribution in [3.8, 4) is 22.8 Å². The van der Waals surface area contributed by atoms with E-state index in [0.29, 0.717) is 43.6 Å². The molecule has 5 rings (SSSR count). The Kier molecular flexibility index (Phi) is 9.89. The van der Waals surface area contributed by atoms with Crippen molar-refractivity contribution in [2.24, 2.45) is 0 Å². The first kappa shape index (κ1) is 30.4. The highest BCUT2D eigenvalue weighted by Crippen LogP contribution is 2.38. The van der Waals surface area contributed by atoms with E-state index < -0.39 is 5.25 Å². The Labute approximate surface area is 267 Å². The minimum absolute atomic E-state index is 0.217. The fourth-order valence-electron chi connectivity index (χ4n) is 4.16. The maximum absolute atomic E-state index is 13.6. The van der Waals surface area contributed by atoms with E-state index in [1.54, 1.807) is 48.5 Å². The third kappa shape index (κ3) is 7.50. The SMILES string of the molecule is COc1ccc(C(=O)Nc2ccc(SC(C(=O)Nc3nc(-c4ccc(Cl)cc4Cl)cs3)c3ccccc3)cc2)cc1OC. The molecule has 2 amide bonds. The molecule has 7 nitrogen and oxygen atoms in total. The lowest BCUT2D eigenvalue weighted by Crippen LogP contribution is -2.19. The largest absolute Gasteiger partial charge is 0.493 e. The standard InChI is InChI=1S/C32H25Cl2N3O4S2/c1-40-27-15-8-20(16-28(27)41-2)30(38)35-22-10-12-23(13-11-22)43-29(19-6-4-3-5-7-19)31(39)37-32-36-26(18-42-32)24-14-9-21(33)17-25(24)34/h3-18,29H,1-2H3,(H,35,38)(H,36,37,39). The number of anilines is 2. The second-order valence-corrected chi connectivity index (χ2v) is 12.0. The van der Waals surface area contributed by atoms with E-state index in [4.69, 9.17) is 32.7 Å². The van der Waals surface area contributed by atoms with Gasteiger partial charge in [0.25, 0.3) is 5.91 Å². The van der Waals surface area contributed by atoms with E-state index in [1.165, 1.54) is 37.3 Å². The lowest BCUT2D eigenvalue weighted by atomic mass is 10.1. The molecule has 5 aromatic rings. The number of methoxy groups -OCH3 is 2. The summed E-state index contributed by atoms with van der Waals surface area (Å²) in [5.74, 6) is 0.504. The highest BCUT2D eigenvalue weighted by Gasteiger charge is 2.23. The van der Waals surface area contributed by atoms with Crippen molar-refractivity contribution in [2.75, 3.05) is 24.9 Å². The van der Waals surface area contributed by atoms with Crippen molar-refractivity contribution in [2.45, 2.75) is 10.1 Å². The molecule has 0 bridgehead atoms. The minimum atomic E-state index is -0.556. The zero-order valence-corrected chi connectivity index (χ0v) is 26.1. The van der Waals surface area contributed by atoms with Gasteiger partial charge in [0.2, 0.25) is 5.91 Å². The lowest BCUT2D eigenvalue weighted by Gasteiger charge is -2.16. The molecule has 4 aromatic carbocycles. The van der Waals surface area contributed by atoms with Gasteiger partial charge >= 0.3 is 0 Å². The molecule has 0 saturated heterocycles. The van der Waals surface area contributed by atoms with Gasteiger partial charge in [-0.05, 0) is 66.2 Å². The smallest absolute Gasteiger partial charge is 0.255 e. The molecule has 218 valence electrons. The summed E-state index contributed by atoms with van der Waals surface area (Å²) in [5.41, 5.74) is 3.27. The number of nitrogens with one attached hydrogen (secondary N) is 2. The van der Waals surface area contributed by atoms with Crippen LogP contribution in [0.4, 0.5) is 10.8 Å². The molecular weight excluding hydrogens is 625 g/mol. The van der Waals surface area contributed by atoms with E-state index in [2.05, 4.69) is 15.6 Å². The van der Waals surface area contributed by atoms with Crippen LogP contribution in [-0.2, 0) is 4.79 Å². The molecule has 0 aliphatic heterocycles. The molecule has 0 fully saturated rings. The van der Waals surface area contributed by atoms with Crippen LogP contribution < -0.4 is 20.1 Å². The Hall–Kier alpha value is -4.02. The fraction of sp³-hybridized carbons (Fsp3) is 0.0938. The number of halogens is 2. The maximum atomic E-state index is 13.6. The first-order valence-corrected chi connectivity index (χ1v) is 15.4. The number of amides is 2. The number of thiazole rings is 1. The van der Waals surface area contributed by atoms with Gasteiger partial charge in [-0.2, -0.15) is 0 Å². The summed E-state index contributed by atoms with van der Waals surface area (Å²) < 4.78 is 10.5. The predicted octanol–water partition coefficient (Wildman–Crippen LogP) is 8.86. The molecule has 2 N–H and O–H groups in total. The predicted molar refractivity (Wildman–Crippen MR) is 175 cm³/mol. The summed E-state index contributed by atoms with van der Waals surface area (Å²) in [7, 11) is 3.06. The third-order valence-electron chi connectivity index (χ3n) is 6.29. The zero-order valence-electron chi connectivity index (χ0n) is 23.0. The number of nitrogens with zero attached hydrogens (tertiary/aromatic N) is 1. The molecule has 0 aliphatic rings. The summed E-state index contributed by atoms with van der Waals surface area (Å²) in [6.07, 6.45) is 0. The first-order valence-electron chi connectivity index (χ1n) is 12.9. The van der Waals surface area contributed by atoms with E-state index in [1.807, 2.05) is 47.8 Å². The average Bonchev–Trinajstić information content (AvgIpc) is 3.48. The van der Waals surface area contributed by atoms with Gasteiger partial charge in [0, 0.05) is 32.1 Å². The summed E-state index contributed by atoms with van der Waals surface area (Å²) >= 11 is 15.1. The summed E-state index contributed by atoms with van der Waals surface area (Å²) in [5, 5.41) is 8.61. The molecule has 0 spiro atoms. The molecule has 1 unspecified atom stereocenters. The lowest BCUT2D eigenvalue weighted by molar-refractivity contribution is -0.115. The van der Waals surface area contributed by atoms with Gasteiger partial charge in [0.15, 0.2) is 16.6 Å². The average molecular weight is 651 g/mol. The first-order chi connectivity index (χ1) is 20.8. The van der Waals surface area contributed by atoms with Crippen molar-refractivity contribution < 1.29 is 19.1 Å². The highest BCUT2D eigenvalue weighted by atomic mass is 35.5. The van der Waals surface area contributed by atoms with Crippen molar-refractivity contribution >= 4 is 68.9 Å². The monoisotopic (exact) mass is 649 g/mol. The topological polar surface area (TPSA) is 89.5 Å². The van der Waals surface area contributed by atoms with Crippen LogP contribution in [-0.4, -0.2) is 31.0 Å². The zero-order chi connectivity index (χ0) is 30.3. The van der Waals surface area contributed by atoms with E-state index >= 15 is 0 Å². The third-order valence-corrected chi connectivity index (χ3v) is 8.87. The van der Waals surface area contributed by atoms with Gasteiger partial charge in [0.1, 0.15) is 5.25 Å². The van der Waals surface area contributed by atoms with Crippen LogP contribution in [0.1, 0.15) is 21.2 Å². The van der Waals surface area contributed by atoms with E-state index in [-0.39, 0.29) is 11.8 Å². The number of aromatic nitrogens is 1. The van der Waals surface area contributed by atoms with Gasteiger partial charge in [-0.3, -0.25) is 9.59 Å². The number of carbonyl (C=O) groups is 2. The van der Waals surface area contributed by atoms with Gasteiger partial charge in [-0.1, -0.05) is 53.5 Å². The quantitative estimate of drug-likeness (QED) is 0.147. The number of hydrogen-bond acceptors (Lipinski definition) is 7. The van der Waals surface area contributed by atoms with E-state index in [9.17, 15) is 9.59 Å². The van der Waals surface area contributed by atoms with Gasteiger partial charge in [0.05, 0.1) is 24.9 Å². The number of carbonyl (C=O) groups excluding carboxylic acids is 2. The Balaban J connectivity index is 1.29. The van der Waals surface area contributed by atoms with Gasteiger partial charge < -0.3 is 20.1 Å². The van der Waals surface area contributed by atoms with Crippen LogP contribution in [0.3, 0.4) is 0 Å². The number of thioether (sulfide) groups is 1. The maximum Gasteiger partial charge on any atom is 0.255 e. The van der Waals surface area contributed by atoms with E-state index in [0.717, 1.165) is 16.0 Å². The van der Waals surface area contributed by atoms with Crippen molar-refractivity contribution in [3.05, 3.63) is 118 Å². The molecule has 11 heteroatoms. The molecule has 0 saturated carbocycles. The fourth-order valence-corrected chi connectivity index (χ4v) is 6.40. The van der Waals surface area contributed by atoms with Crippen LogP contribution in [0.2, 0.25) is 10.0 Å². The summed E-state index contributed by atoms with van der Waals surface area (Å²) in [4.78, 5) is 31.8. The van der Waals surface area contributed by atoms with Crippen LogP contribution in [0.15, 0.2) is 101 Å². The van der Waals surface area contributed by atoms with Gasteiger partial charge in [-0.15, -0.1) is 23.1 Å². The molecule has 1 aromatic heterocycles. The van der Waals surface area contributed by atoms with Crippen molar-refractivity contribution in [1.29, 1.82) is 0 Å². The molecule has 0 aliphatic carbocycles. The minimum Gasteiger partial charge on any atom is -0.493 e. The van der Waals surface area contributed by atoms with Gasteiger partial charge in [-0.25, -0.2) is 4.98 Å². The molecule has 1 heterocycles. The molecular formula is C32H25Cl2N3O4S2. The number of rotatable bonds is 10. The molecule has 1 atom stereocenters. The Morgan fingerprint density at radius 2 is 1.60 bits per heavy atom. The summed E-state index contributed by atoms with van der Waals surface area (Å²) in [6, 6.07) is 27.0. The normalized spacial score (nSPS) is 11.4.